The first kappa shape index (κ1) is 22.8. The van der Waals surface area contributed by atoms with Gasteiger partial charge in [0.2, 0.25) is 0 Å². The van der Waals surface area contributed by atoms with Crippen molar-refractivity contribution in [2.24, 2.45) is 0 Å². The van der Waals surface area contributed by atoms with E-state index in [1.807, 2.05) is 0 Å². The highest BCUT2D eigenvalue weighted by Crippen LogP contribution is 2.24. The molecule has 0 atom stereocenters. The van der Waals surface area contributed by atoms with Gasteiger partial charge in [-0.3, -0.25) is 9.58 Å². The predicted octanol–water partition coefficient (Wildman–Crippen LogP) is 4.12. The van der Waals surface area contributed by atoms with Crippen LogP contribution in [0.1, 0.15) is 56.6 Å². The maximum absolute atomic E-state index is 4.88. The summed E-state index contributed by atoms with van der Waals surface area (Å²) in [6.07, 6.45) is 2.25. The van der Waals surface area contributed by atoms with Gasteiger partial charge in [-0.2, -0.15) is 5.10 Å². The standard InChI is InChI=1S/C25H41N5/c1-7-9-23-18-22(27-30(23)25(4,5)6)19-26-12-13-28-14-16-29(17-15-28)24-11-8-10-20(2)21(24)3/h8,10-11,18,26H,7,9,12-17,19H2,1-6H3. The molecule has 2 heterocycles. The second-order valence-electron chi connectivity index (χ2n) is 9.68. The van der Waals surface area contributed by atoms with Crippen molar-refractivity contribution in [2.75, 3.05) is 44.2 Å². The third kappa shape index (κ3) is 5.64. The molecule has 5 heteroatoms. The zero-order valence-corrected chi connectivity index (χ0v) is 20.0. The van der Waals surface area contributed by atoms with Crippen LogP contribution in [0.2, 0.25) is 0 Å². The third-order valence-corrected chi connectivity index (χ3v) is 6.18. The molecule has 0 radical (unpaired) electrons. The molecular formula is C25H41N5. The Hall–Kier alpha value is -1.85. The maximum Gasteiger partial charge on any atom is 0.0765 e. The summed E-state index contributed by atoms with van der Waals surface area (Å²) >= 11 is 0. The molecule has 1 aromatic heterocycles. The van der Waals surface area contributed by atoms with Gasteiger partial charge in [-0.1, -0.05) is 25.5 Å². The molecular weight excluding hydrogens is 370 g/mol. The number of nitrogens with one attached hydrogen (secondary N) is 1. The highest BCUT2D eigenvalue weighted by atomic mass is 15.3. The van der Waals surface area contributed by atoms with E-state index in [2.05, 4.69) is 85.6 Å². The highest BCUT2D eigenvalue weighted by molar-refractivity contribution is 5.56. The van der Waals surface area contributed by atoms with E-state index in [0.29, 0.717) is 0 Å². The lowest BCUT2D eigenvalue weighted by Gasteiger charge is -2.37. The number of benzene rings is 1. The molecule has 0 unspecified atom stereocenters. The van der Waals surface area contributed by atoms with Crippen LogP contribution >= 0.6 is 0 Å². The fraction of sp³-hybridized carbons (Fsp3) is 0.640. The minimum Gasteiger partial charge on any atom is -0.369 e. The Labute approximate surface area is 183 Å². The minimum absolute atomic E-state index is 0.0398. The molecule has 0 bridgehead atoms. The third-order valence-electron chi connectivity index (χ3n) is 6.18. The van der Waals surface area contributed by atoms with Crippen LogP contribution in [0.3, 0.4) is 0 Å². The van der Waals surface area contributed by atoms with E-state index in [4.69, 9.17) is 5.10 Å². The lowest BCUT2D eigenvalue weighted by Crippen LogP contribution is -2.48. The average molecular weight is 412 g/mol. The van der Waals surface area contributed by atoms with Crippen molar-refractivity contribution in [1.82, 2.24) is 20.0 Å². The van der Waals surface area contributed by atoms with Crippen molar-refractivity contribution in [1.29, 1.82) is 0 Å². The Kier molecular flexibility index (Phi) is 7.59. The number of rotatable bonds is 8. The molecule has 166 valence electrons. The van der Waals surface area contributed by atoms with Crippen LogP contribution < -0.4 is 10.2 Å². The van der Waals surface area contributed by atoms with Crippen LogP contribution in [-0.4, -0.2) is 53.9 Å². The molecule has 1 saturated heterocycles. The number of aryl methyl sites for hydroxylation is 2. The average Bonchev–Trinajstić information content (AvgIpc) is 3.12. The molecule has 1 aliphatic heterocycles. The van der Waals surface area contributed by atoms with E-state index in [1.165, 1.54) is 22.5 Å². The summed E-state index contributed by atoms with van der Waals surface area (Å²) in [7, 11) is 0. The van der Waals surface area contributed by atoms with Crippen LogP contribution in [0.15, 0.2) is 24.3 Å². The maximum atomic E-state index is 4.88. The first-order chi connectivity index (χ1) is 14.3. The fourth-order valence-electron chi connectivity index (χ4n) is 4.32. The molecule has 0 saturated carbocycles. The van der Waals surface area contributed by atoms with Crippen LogP contribution in [0.5, 0.6) is 0 Å². The second kappa shape index (κ2) is 9.97. The Morgan fingerprint density at radius 1 is 1.07 bits per heavy atom. The summed E-state index contributed by atoms with van der Waals surface area (Å²) in [4.78, 5) is 5.12. The van der Waals surface area contributed by atoms with E-state index in [-0.39, 0.29) is 5.54 Å². The number of aromatic nitrogens is 2. The Balaban J connectivity index is 1.43. The summed E-state index contributed by atoms with van der Waals surface area (Å²) in [6.45, 7) is 20.8. The van der Waals surface area contributed by atoms with Gasteiger partial charge in [0, 0.05) is 57.2 Å². The van der Waals surface area contributed by atoms with Gasteiger partial charge < -0.3 is 10.2 Å². The first-order valence-corrected chi connectivity index (χ1v) is 11.6. The smallest absolute Gasteiger partial charge is 0.0765 e. The monoisotopic (exact) mass is 411 g/mol. The van der Waals surface area contributed by atoms with Crippen molar-refractivity contribution >= 4 is 5.69 Å². The van der Waals surface area contributed by atoms with Gasteiger partial charge in [-0.15, -0.1) is 0 Å². The molecule has 5 nitrogen and oxygen atoms in total. The Morgan fingerprint density at radius 3 is 2.47 bits per heavy atom. The largest absolute Gasteiger partial charge is 0.369 e. The zero-order valence-electron chi connectivity index (χ0n) is 20.0. The predicted molar refractivity (Wildman–Crippen MR) is 127 cm³/mol. The lowest BCUT2D eigenvalue weighted by molar-refractivity contribution is 0.257. The van der Waals surface area contributed by atoms with E-state index in [1.54, 1.807) is 0 Å². The summed E-state index contributed by atoms with van der Waals surface area (Å²) < 4.78 is 2.21. The van der Waals surface area contributed by atoms with E-state index >= 15 is 0 Å². The van der Waals surface area contributed by atoms with Crippen molar-refractivity contribution in [3.63, 3.8) is 0 Å². The summed E-state index contributed by atoms with van der Waals surface area (Å²) in [5, 5.41) is 8.49. The van der Waals surface area contributed by atoms with Gasteiger partial charge >= 0.3 is 0 Å². The quantitative estimate of drug-likeness (QED) is 0.663. The SMILES string of the molecule is CCCc1cc(CNCCN2CCN(c3cccc(C)c3C)CC2)nn1C(C)(C)C. The minimum atomic E-state index is 0.0398. The molecule has 1 N–H and O–H groups in total. The topological polar surface area (TPSA) is 36.3 Å². The van der Waals surface area contributed by atoms with Gasteiger partial charge in [0.1, 0.15) is 0 Å². The molecule has 2 aromatic rings. The number of hydrogen-bond donors (Lipinski definition) is 1. The van der Waals surface area contributed by atoms with Crippen LogP contribution in [0.25, 0.3) is 0 Å². The molecule has 30 heavy (non-hydrogen) atoms. The van der Waals surface area contributed by atoms with Gasteiger partial charge in [-0.25, -0.2) is 0 Å². The Bertz CT molecular complexity index is 809. The summed E-state index contributed by atoms with van der Waals surface area (Å²) in [6, 6.07) is 8.94. The highest BCUT2D eigenvalue weighted by Gasteiger charge is 2.20. The number of nitrogens with zero attached hydrogens (tertiary/aromatic N) is 4. The van der Waals surface area contributed by atoms with E-state index < -0.39 is 0 Å². The Morgan fingerprint density at radius 2 is 1.80 bits per heavy atom. The molecule has 1 fully saturated rings. The lowest BCUT2D eigenvalue weighted by atomic mass is 10.1. The molecule has 1 aliphatic rings. The van der Waals surface area contributed by atoms with E-state index in [0.717, 1.165) is 64.3 Å². The summed E-state index contributed by atoms with van der Waals surface area (Å²) in [5.74, 6) is 0. The normalized spacial score (nSPS) is 15.7. The van der Waals surface area contributed by atoms with Crippen molar-refractivity contribution in [2.45, 2.75) is 66.5 Å². The zero-order chi connectivity index (χ0) is 21.7. The molecule has 0 amide bonds. The first-order valence-electron chi connectivity index (χ1n) is 11.6. The van der Waals surface area contributed by atoms with Crippen LogP contribution in [0, 0.1) is 13.8 Å². The van der Waals surface area contributed by atoms with Gasteiger partial charge in [0.05, 0.1) is 11.2 Å². The fourth-order valence-corrected chi connectivity index (χ4v) is 4.32. The second-order valence-corrected chi connectivity index (χ2v) is 9.68. The van der Waals surface area contributed by atoms with E-state index in [9.17, 15) is 0 Å². The van der Waals surface area contributed by atoms with Crippen molar-refractivity contribution in [3.05, 3.63) is 46.8 Å². The van der Waals surface area contributed by atoms with Crippen LogP contribution in [0.4, 0.5) is 5.69 Å². The number of anilines is 1. The van der Waals surface area contributed by atoms with Gasteiger partial charge in [-0.05, 0) is 64.3 Å². The van der Waals surface area contributed by atoms with Crippen molar-refractivity contribution < 1.29 is 0 Å². The number of hydrogen-bond acceptors (Lipinski definition) is 4. The molecule has 0 aliphatic carbocycles. The number of piperazine rings is 1. The van der Waals surface area contributed by atoms with Crippen LogP contribution in [-0.2, 0) is 18.5 Å². The molecule has 0 spiro atoms. The van der Waals surface area contributed by atoms with Crippen molar-refractivity contribution in [3.8, 4) is 0 Å². The van der Waals surface area contributed by atoms with Gasteiger partial charge in [0.15, 0.2) is 0 Å². The molecule has 3 rings (SSSR count). The van der Waals surface area contributed by atoms with Gasteiger partial charge in [0.25, 0.3) is 0 Å². The molecule has 1 aromatic carbocycles. The summed E-state index contributed by atoms with van der Waals surface area (Å²) in [5.41, 5.74) is 6.76.